The molecule has 1 saturated heterocycles. The van der Waals surface area contributed by atoms with E-state index in [1.165, 1.54) is 4.31 Å². The van der Waals surface area contributed by atoms with Crippen molar-refractivity contribution in [3.8, 4) is 0 Å². The Morgan fingerprint density at radius 1 is 1.53 bits per heavy atom. The molecule has 5 nitrogen and oxygen atoms in total. The van der Waals surface area contributed by atoms with Crippen molar-refractivity contribution in [1.82, 2.24) is 13.9 Å². The second-order valence-corrected chi connectivity index (χ2v) is 7.42. The lowest BCUT2D eigenvalue weighted by Gasteiger charge is -2.28. The predicted octanol–water partition coefficient (Wildman–Crippen LogP) is 1.99. The molecule has 0 bridgehead atoms. The fourth-order valence-electron chi connectivity index (χ4n) is 2.31. The molecule has 1 unspecified atom stereocenters. The highest BCUT2D eigenvalue weighted by atomic mass is 35.5. The van der Waals surface area contributed by atoms with Gasteiger partial charge in [0.2, 0.25) is 0 Å². The van der Waals surface area contributed by atoms with E-state index in [1.807, 2.05) is 11.5 Å². The van der Waals surface area contributed by atoms with E-state index >= 15 is 0 Å². The minimum atomic E-state index is -3.50. The first-order valence-electron chi connectivity index (χ1n) is 6.63. The van der Waals surface area contributed by atoms with E-state index < -0.39 is 10.0 Å². The van der Waals surface area contributed by atoms with E-state index in [4.69, 9.17) is 11.6 Å². The summed E-state index contributed by atoms with van der Waals surface area (Å²) < 4.78 is 28.3. The number of halogens is 1. The highest BCUT2D eigenvalue weighted by Gasteiger charge is 2.31. The van der Waals surface area contributed by atoms with Crippen molar-refractivity contribution in [2.45, 2.75) is 50.1 Å². The lowest BCUT2D eigenvalue weighted by atomic mass is 10.2. The minimum absolute atomic E-state index is 0.0950. The van der Waals surface area contributed by atoms with E-state index in [-0.39, 0.29) is 10.4 Å². The molecule has 1 aromatic rings. The molecule has 0 aromatic carbocycles. The van der Waals surface area contributed by atoms with Gasteiger partial charge in [-0.05, 0) is 26.2 Å². The molecular weight excluding hydrogens is 286 g/mol. The average molecular weight is 306 g/mol. The summed E-state index contributed by atoms with van der Waals surface area (Å²) in [6, 6.07) is 0. The molecule has 2 heterocycles. The number of imidazole rings is 1. The van der Waals surface area contributed by atoms with E-state index in [1.54, 1.807) is 6.20 Å². The number of rotatable bonds is 4. The van der Waals surface area contributed by atoms with Gasteiger partial charge in [0.15, 0.2) is 5.03 Å². The van der Waals surface area contributed by atoms with Crippen LogP contribution in [0.5, 0.6) is 0 Å². The molecule has 1 fully saturated rings. The second kappa shape index (κ2) is 5.81. The maximum atomic E-state index is 12.5. The van der Waals surface area contributed by atoms with Gasteiger partial charge in [0, 0.05) is 31.2 Å². The minimum Gasteiger partial charge on any atom is -0.334 e. The molecule has 1 atom stereocenters. The van der Waals surface area contributed by atoms with Gasteiger partial charge < -0.3 is 4.57 Å². The summed E-state index contributed by atoms with van der Waals surface area (Å²) in [5.41, 5.74) is 0. The smallest absolute Gasteiger partial charge is 0.262 e. The monoisotopic (exact) mass is 305 g/mol. The van der Waals surface area contributed by atoms with Gasteiger partial charge in [-0.15, -0.1) is 11.6 Å². The number of alkyl halides is 1. The SMILES string of the molecule is CCCn1cc(S(=O)(=O)N2CCCC(Cl)C2)nc1C. The average Bonchev–Trinajstić information content (AvgIpc) is 2.72. The third-order valence-corrected chi connectivity index (χ3v) is 5.44. The number of hydrogen-bond donors (Lipinski definition) is 0. The predicted molar refractivity (Wildman–Crippen MR) is 74.9 cm³/mol. The fraction of sp³-hybridized carbons (Fsp3) is 0.750. The summed E-state index contributed by atoms with van der Waals surface area (Å²) in [5.74, 6) is 0.736. The van der Waals surface area contributed by atoms with Crippen molar-refractivity contribution in [2.75, 3.05) is 13.1 Å². The van der Waals surface area contributed by atoms with Gasteiger partial charge in [-0.2, -0.15) is 4.31 Å². The third-order valence-electron chi connectivity index (χ3n) is 3.35. The lowest BCUT2D eigenvalue weighted by Crippen LogP contribution is -2.40. The van der Waals surface area contributed by atoms with Crippen LogP contribution in [0.1, 0.15) is 32.0 Å². The van der Waals surface area contributed by atoms with Gasteiger partial charge in [-0.25, -0.2) is 13.4 Å². The molecule has 1 aliphatic heterocycles. The van der Waals surface area contributed by atoms with Crippen LogP contribution in [-0.2, 0) is 16.6 Å². The number of sulfonamides is 1. The van der Waals surface area contributed by atoms with Crippen molar-refractivity contribution in [3.05, 3.63) is 12.0 Å². The van der Waals surface area contributed by atoms with Crippen LogP contribution in [0, 0.1) is 6.92 Å². The highest BCUT2D eigenvalue weighted by Crippen LogP contribution is 2.22. The van der Waals surface area contributed by atoms with Crippen LogP contribution in [-0.4, -0.2) is 40.7 Å². The van der Waals surface area contributed by atoms with E-state index in [9.17, 15) is 8.42 Å². The molecule has 0 N–H and O–H groups in total. The molecule has 0 amide bonds. The number of piperidine rings is 1. The van der Waals surface area contributed by atoms with Crippen molar-refractivity contribution in [1.29, 1.82) is 0 Å². The molecular formula is C12H20ClN3O2S. The van der Waals surface area contributed by atoms with Gasteiger partial charge in [-0.1, -0.05) is 6.92 Å². The van der Waals surface area contributed by atoms with Gasteiger partial charge in [0.25, 0.3) is 10.0 Å². The van der Waals surface area contributed by atoms with E-state index in [0.29, 0.717) is 13.1 Å². The zero-order valence-electron chi connectivity index (χ0n) is 11.3. The van der Waals surface area contributed by atoms with Crippen LogP contribution in [0.2, 0.25) is 0 Å². The topological polar surface area (TPSA) is 55.2 Å². The summed E-state index contributed by atoms with van der Waals surface area (Å²) in [5, 5.41) is 0.0477. The first-order chi connectivity index (χ1) is 8.95. The fourth-order valence-corrected chi connectivity index (χ4v) is 4.23. The Labute approximate surface area is 119 Å². The summed E-state index contributed by atoms with van der Waals surface area (Å²) in [4.78, 5) is 4.19. The van der Waals surface area contributed by atoms with Crippen LogP contribution in [0.4, 0.5) is 0 Å². The Hall–Kier alpha value is -0.590. The zero-order valence-corrected chi connectivity index (χ0v) is 12.9. The van der Waals surface area contributed by atoms with Crippen molar-refractivity contribution in [2.24, 2.45) is 0 Å². The van der Waals surface area contributed by atoms with Crippen LogP contribution in [0.3, 0.4) is 0 Å². The van der Waals surface area contributed by atoms with Crippen LogP contribution in [0.25, 0.3) is 0 Å². The molecule has 0 radical (unpaired) electrons. The first-order valence-corrected chi connectivity index (χ1v) is 8.50. The first kappa shape index (κ1) is 14.8. The molecule has 2 rings (SSSR count). The Morgan fingerprint density at radius 3 is 2.89 bits per heavy atom. The van der Waals surface area contributed by atoms with E-state index in [0.717, 1.165) is 31.6 Å². The number of hydrogen-bond acceptors (Lipinski definition) is 3. The molecule has 0 aliphatic carbocycles. The quantitative estimate of drug-likeness (QED) is 0.799. The molecule has 1 aromatic heterocycles. The summed E-state index contributed by atoms with van der Waals surface area (Å²) >= 11 is 6.06. The van der Waals surface area contributed by atoms with Crippen LogP contribution < -0.4 is 0 Å². The molecule has 0 spiro atoms. The Kier molecular flexibility index (Phi) is 4.53. The van der Waals surface area contributed by atoms with Crippen LogP contribution in [0.15, 0.2) is 11.2 Å². The van der Waals surface area contributed by atoms with Crippen molar-refractivity contribution < 1.29 is 8.42 Å². The highest BCUT2D eigenvalue weighted by molar-refractivity contribution is 7.89. The van der Waals surface area contributed by atoms with Gasteiger partial charge in [0.1, 0.15) is 5.82 Å². The van der Waals surface area contributed by atoms with Gasteiger partial charge in [-0.3, -0.25) is 0 Å². The molecule has 108 valence electrons. The van der Waals surface area contributed by atoms with E-state index in [2.05, 4.69) is 11.9 Å². The largest absolute Gasteiger partial charge is 0.334 e. The zero-order chi connectivity index (χ0) is 14.0. The number of nitrogens with zero attached hydrogens (tertiary/aromatic N) is 3. The Morgan fingerprint density at radius 2 is 2.26 bits per heavy atom. The summed E-state index contributed by atoms with van der Waals surface area (Å²) in [6.45, 7) is 5.58. The third kappa shape index (κ3) is 3.12. The Balaban J connectivity index is 2.26. The summed E-state index contributed by atoms with van der Waals surface area (Å²) in [7, 11) is -3.50. The molecule has 0 saturated carbocycles. The maximum Gasteiger partial charge on any atom is 0.262 e. The van der Waals surface area contributed by atoms with Crippen LogP contribution >= 0.6 is 11.6 Å². The van der Waals surface area contributed by atoms with Gasteiger partial charge in [0.05, 0.1) is 0 Å². The molecule has 19 heavy (non-hydrogen) atoms. The lowest BCUT2D eigenvalue weighted by molar-refractivity contribution is 0.349. The number of aryl methyl sites for hydroxylation is 2. The Bertz CT molecular complexity index is 541. The molecule has 7 heteroatoms. The van der Waals surface area contributed by atoms with Crippen molar-refractivity contribution in [3.63, 3.8) is 0 Å². The number of aromatic nitrogens is 2. The maximum absolute atomic E-state index is 12.5. The second-order valence-electron chi connectivity index (χ2n) is 4.92. The van der Waals surface area contributed by atoms with Crippen molar-refractivity contribution >= 4 is 21.6 Å². The standard InChI is InChI=1S/C12H20ClN3O2S/c1-3-6-15-9-12(14-10(15)2)19(17,18)16-7-4-5-11(13)8-16/h9,11H,3-8H2,1-2H3. The van der Waals surface area contributed by atoms with Gasteiger partial charge >= 0.3 is 0 Å². The normalized spacial score (nSPS) is 21.7. The molecule has 1 aliphatic rings. The summed E-state index contributed by atoms with van der Waals surface area (Å²) in [6.07, 6.45) is 4.26.